The van der Waals surface area contributed by atoms with Crippen molar-refractivity contribution in [1.29, 1.82) is 5.26 Å². The number of nitrogens with zero attached hydrogens (tertiary/aromatic N) is 1. The molecule has 1 rings (SSSR count). The maximum absolute atomic E-state index is 13.1. The fraction of sp³-hybridized carbons (Fsp3) is 0.385. The molecule has 1 unspecified atom stereocenters. The molecule has 0 aromatic heterocycles. The van der Waals surface area contributed by atoms with Crippen LogP contribution in [0.25, 0.3) is 0 Å². The Labute approximate surface area is 113 Å². The molecule has 1 aliphatic carbocycles. The van der Waals surface area contributed by atoms with E-state index in [0.717, 1.165) is 13.0 Å². The van der Waals surface area contributed by atoms with E-state index in [1.54, 1.807) is 0 Å². The summed E-state index contributed by atoms with van der Waals surface area (Å²) in [4.78, 5) is 11.6. The van der Waals surface area contributed by atoms with Gasteiger partial charge in [-0.25, -0.2) is 0 Å². The molecule has 0 saturated carbocycles. The second-order valence-electron chi connectivity index (χ2n) is 4.40. The van der Waals surface area contributed by atoms with Crippen LogP contribution in [0.15, 0.2) is 35.6 Å². The number of hydrogen-bond acceptors (Lipinski definition) is 3. The Morgan fingerprint density at radius 1 is 1.50 bits per heavy atom. The van der Waals surface area contributed by atoms with E-state index in [1.807, 2.05) is 5.32 Å². The normalized spacial score (nSPS) is 22.9. The summed E-state index contributed by atoms with van der Waals surface area (Å²) in [5, 5.41) is 19.8. The summed E-state index contributed by atoms with van der Waals surface area (Å²) in [6.45, 7) is 0.412. The van der Waals surface area contributed by atoms with E-state index >= 15 is 0 Å². The fourth-order valence-electron chi connectivity index (χ4n) is 1.73. The number of carbonyl (C=O) groups is 1. The molecule has 0 fully saturated rings. The van der Waals surface area contributed by atoms with Gasteiger partial charge in [-0.2, -0.15) is 18.4 Å². The minimum Gasteiger partial charge on any atom is -0.511 e. The maximum atomic E-state index is 13.1. The molecule has 0 aromatic rings. The van der Waals surface area contributed by atoms with Crippen molar-refractivity contribution in [3.63, 3.8) is 0 Å². The van der Waals surface area contributed by atoms with Crippen LogP contribution in [0, 0.1) is 16.7 Å². The number of halogens is 3. The number of amides is 1. The van der Waals surface area contributed by atoms with Gasteiger partial charge in [-0.3, -0.25) is 4.79 Å². The first-order chi connectivity index (χ1) is 9.23. The van der Waals surface area contributed by atoms with Gasteiger partial charge in [0.25, 0.3) is 5.91 Å². The van der Waals surface area contributed by atoms with Gasteiger partial charge in [-0.1, -0.05) is 24.3 Å². The number of nitrogens with one attached hydrogen (secondary N) is 1. The van der Waals surface area contributed by atoms with Crippen molar-refractivity contribution in [2.75, 3.05) is 6.54 Å². The van der Waals surface area contributed by atoms with Crippen molar-refractivity contribution in [1.82, 2.24) is 5.32 Å². The quantitative estimate of drug-likeness (QED) is 0.475. The molecule has 0 heterocycles. The Morgan fingerprint density at radius 3 is 2.55 bits per heavy atom. The molecule has 0 saturated heterocycles. The van der Waals surface area contributed by atoms with E-state index in [2.05, 4.69) is 0 Å². The Bertz CT molecular complexity index is 523. The third-order valence-corrected chi connectivity index (χ3v) is 2.97. The third-order valence-electron chi connectivity index (χ3n) is 2.97. The van der Waals surface area contributed by atoms with E-state index < -0.39 is 35.4 Å². The average Bonchev–Trinajstić information content (AvgIpc) is 2.36. The summed E-state index contributed by atoms with van der Waals surface area (Å²) in [7, 11) is 0. The highest BCUT2D eigenvalue weighted by molar-refractivity contribution is 5.97. The molecule has 0 aromatic carbocycles. The second kappa shape index (κ2) is 5.82. The second-order valence-corrected chi connectivity index (χ2v) is 4.40. The molecule has 1 amide bonds. The monoisotopic (exact) mass is 286 g/mol. The number of hydrogen-bond donors (Lipinski definition) is 2. The summed E-state index contributed by atoms with van der Waals surface area (Å²) in [5.41, 5.74) is -2.79. The Kier molecular flexibility index (Phi) is 4.61. The van der Waals surface area contributed by atoms with Gasteiger partial charge in [0.2, 0.25) is 0 Å². The zero-order valence-electron chi connectivity index (χ0n) is 10.7. The molecular weight excluding hydrogens is 273 g/mol. The summed E-state index contributed by atoms with van der Waals surface area (Å²) < 4.78 is 39.4. The lowest BCUT2D eigenvalue weighted by atomic mass is 9.80. The van der Waals surface area contributed by atoms with E-state index in [-0.39, 0.29) is 6.42 Å². The molecule has 7 heteroatoms. The van der Waals surface area contributed by atoms with Crippen LogP contribution >= 0.6 is 0 Å². The van der Waals surface area contributed by atoms with E-state index in [0.29, 0.717) is 0 Å². The molecule has 108 valence electrons. The van der Waals surface area contributed by atoms with Gasteiger partial charge in [0.1, 0.15) is 17.2 Å². The summed E-state index contributed by atoms with van der Waals surface area (Å²) >= 11 is 0. The molecular formula is C13H13F3N2O2. The molecule has 20 heavy (non-hydrogen) atoms. The SMILES string of the molecule is CC(O)=C(C#N)C(=O)NCC1(C(F)(F)F)C=CC=CC1. The first-order valence-corrected chi connectivity index (χ1v) is 5.73. The minimum absolute atomic E-state index is 0.295. The summed E-state index contributed by atoms with van der Waals surface area (Å²) in [6, 6.07) is 1.44. The Balaban J connectivity index is 2.88. The van der Waals surface area contributed by atoms with Crippen LogP contribution in [-0.2, 0) is 4.79 Å². The number of allylic oxidation sites excluding steroid dienone is 4. The van der Waals surface area contributed by atoms with Crippen LogP contribution in [-0.4, -0.2) is 23.7 Å². The lowest BCUT2D eigenvalue weighted by molar-refractivity contribution is -0.203. The van der Waals surface area contributed by atoms with Gasteiger partial charge in [0.05, 0.1) is 0 Å². The molecule has 1 atom stereocenters. The molecule has 0 aliphatic heterocycles. The Hall–Kier alpha value is -2.23. The summed E-state index contributed by atoms with van der Waals surface area (Å²) in [5.74, 6) is -1.57. The highest BCUT2D eigenvalue weighted by Gasteiger charge is 2.52. The molecule has 1 aliphatic rings. The van der Waals surface area contributed by atoms with E-state index in [4.69, 9.17) is 10.4 Å². The van der Waals surface area contributed by atoms with Crippen molar-refractivity contribution >= 4 is 5.91 Å². The first kappa shape index (κ1) is 15.8. The van der Waals surface area contributed by atoms with Crippen molar-refractivity contribution in [2.45, 2.75) is 19.5 Å². The van der Waals surface area contributed by atoms with Gasteiger partial charge < -0.3 is 10.4 Å². The first-order valence-electron chi connectivity index (χ1n) is 5.73. The number of nitriles is 1. The lowest BCUT2D eigenvalue weighted by Crippen LogP contribution is -2.46. The number of carbonyl (C=O) groups excluding carboxylic acids is 1. The average molecular weight is 286 g/mol. The molecule has 0 spiro atoms. The predicted molar refractivity (Wildman–Crippen MR) is 65.3 cm³/mol. The van der Waals surface area contributed by atoms with Crippen LogP contribution in [0.5, 0.6) is 0 Å². The standard InChI is InChI=1S/C13H13F3N2O2/c1-9(19)10(7-17)11(20)18-8-12(13(14,15)16)5-3-2-4-6-12/h2-5,19H,6,8H2,1H3,(H,18,20). The maximum Gasteiger partial charge on any atom is 0.399 e. The van der Waals surface area contributed by atoms with Crippen LogP contribution in [0.1, 0.15) is 13.3 Å². The topological polar surface area (TPSA) is 73.1 Å². The highest BCUT2D eigenvalue weighted by Crippen LogP contribution is 2.43. The fourth-order valence-corrected chi connectivity index (χ4v) is 1.73. The minimum atomic E-state index is -4.54. The largest absolute Gasteiger partial charge is 0.511 e. The molecule has 0 radical (unpaired) electrons. The van der Waals surface area contributed by atoms with Gasteiger partial charge in [-0.15, -0.1) is 0 Å². The van der Waals surface area contributed by atoms with Gasteiger partial charge in [0, 0.05) is 6.54 Å². The van der Waals surface area contributed by atoms with Gasteiger partial charge in [-0.05, 0) is 13.3 Å². The smallest absolute Gasteiger partial charge is 0.399 e. The van der Waals surface area contributed by atoms with Gasteiger partial charge in [0.15, 0.2) is 5.57 Å². The zero-order valence-corrected chi connectivity index (χ0v) is 10.7. The van der Waals surface area contributed by atoms with Gasteiger partial charge >= 0.3 is 6.18 Å². The molecule has 4 nitrogen and oxygen atoms in total. The number of rotatable bonds is 3. The van der Waals surface area contributed by atoms with E-state index in [1.165, 1.54) is 24.3 Å². The number of aliphatic hydroxyl groups is 1. The molecule has 0 bridgehead atoms. The van der Waals surface area contributed by atoms with Crippen LogP contribution in [0.3, 0.4) is 0 Å². The van der Waals surface area contributed by atoms with Crippen molar-refractivity contribution in [3.8, 4) is 6.07 Å². The van der Waals surface area contributed by atoms with E-state index in [9.17, 15) is 18.0 Å². The number of alkyl halides is 3. The Morgan fingerprint density at radius 2 is 2.15 bits per heavy atom. The van der Waals surface area contributed by atoms with Crippen LogP contribution < -0.4 is 5.32 Å². The third kappa shape index (κ3) is 3.20. The predicted octanol–water partition coefficient (Wildman–Crippen LogP) is 2.52. The lowest BCUT2D eigenvalue weighted by Gasteiger charge is -2.33. The van der Waals surface area contributed by atoms with Crippen LogP contribution in [0.4, 0.5) is 13.2 Å². The number of aliphatic hydroxyl groups excluding tert-OH is 1. The molecule has 2 N–H and O–H groups in total. The highest BCUT2D eigenvalue weighted by atomic mass is 19.4. The van der Waals surface area contributed by atoms with Crippen LogP contribution in [0.2, 0.25) is 0 Å². The van der Waals surface area contributed by atoms with Crippen molar-refractivity contribution in [3.05, 3.63) is 35.6 Å². The van der Waals surface area contributed by atoms with Crippen molar-refractivity contribution in [2.24, 2.45) is 5.41 Å². The zero-order chi connectivity index (χ0) is 15.4. The van der Waals surface area contributed by atoms with Crippen molar-refractivity contribution < 1.29 is 23.1 Å². The summed E-state index contributed by atoms with van der Waals surface area (Å²) in [6.07, 6.45) is 0.266.